The number of rotatable bonds is 7. The summed E-state index contributed by atoms with van der Waals surface area (Å²) in [4.78, 5) is 29.6. The zero-order valence-corrected chi connectivity index (χ0v) is 24.1. The Labute approximate surface area is 243 Å². The molecule has 0 radical (unpaired) electrons. The Morgan fingerprint density at radius 2 is 2.02 bits per heavy atom. The van der Waals surface area contributed by atoms with Gasteiger partial charge in [-0.15, -0.1) is 0 Å². The van der Waals surface area contributed by atoms with Crippen LogP contribution in [0.15, 0.2) is 52.5 Å². The van der Waals surface area contributed by atoms with Crippen LogP contribution < -0.4 is 10.6 Å². The van der Waals surface area contributed by atoms with Crippen molar-refractivity contribution in [1.82, 2.24) is 20.1 Å². The van der Waals surface area contributed by atoms with Crippen LogP contribution in [0.2, 0.25) is 0 Å². The molecule has 0 saturated carbocycles. The van der Waals surface area contributed by atoms with Crippen LogP contribution >= 0.6 is 15.9 Å². The Bertz CT molecular complexity index is 1560. The van der Waals surface area contributed by atoms with E-state index in [2.05, 4.69) is 36.6 Å². The molecule has 0 spiro atoms. The molecule has 8 nitrogen and oxygen atoms in total. The number of aromatic nitrogens is 3. The molecule has 5 rings (SSSR count). The Balaban J connectivity index is 1.29. The zero-order valence-electron chi connectivity index (χ0n) is 22.5. The molecular formula is C29H29BrF3N5O3. The molecule has 41 heavy (non-hydrogen) atoms. The van der Waals surface area contributed by atoms with Crippen molar-refractivity contribution in [3.63, 3.8) is 0 Å². The highest BCUT2D eigenvalue weighted by atomic mass is 79.9. The largest absolute Gasteiger partial charge is 0.433 e. The summed E-state index contributed by atoms with van der Waals surface area (Å²) in [6.07, 6.45) is 3.67. The number of nitrogens with one attached hydrogen (secondary N) is 2. The van der Waals surface area contributed by atoms with Crippen LogP contribution in [0, 0.1) is 19.8 Å². The third-order valence-corrected chi connectivity index (χ3v) is 7.79. The van der Waals surface area contributed by atoms with E-state index in [0.29, 0.717) is 46.4 Å². The van der Waals surface area contributed by atoms with E-state index in [9.17, 15) is 22.8 Å². The van der Waals surface area contributed by atoms with Crippen molar-refractivity contribution < 1.29 is 27.5 Å². The van der Waals surface area contributed by atoms with Gasteiger partial charge in [0.15, 0.2) is 0 Å². The molecule has 2 aliphatic rings. The first-order chi connectivity index (χ1) is 19.5. The molecule has 2 amide bonds. The number of benzene rings is 1. The minimum absolute atomic E-state index is 0.0347. The van der Waals surface area contributed by atoms with E-state index < -0.39 is 17.8 Å². The van der Waals surface area contributed by atoms with Crippen molar-refractivity contribution in [2.45, 2.75) is 51.9 Å². The molecule has 0 bridgehead atoms. The highest BCUT2D eigenvalue weighted by Crippen LogP contribution is 2.33. The molecule has 2 N–H and O–H groups in total. The zero-order chi connectivity index (χ0) is 29.3. The molecule has 1 aliphatic carbocycles. The summed E-state index contributed by atoms with van der Waals surface area (Å²) in [6, 6.07) is 5.34. The summed E-state index contributed by atoms with van der Waals surface area (Å²) < 4.78 is 48.5. The van der Waals surface area contributed by atoms with Gasteiger partial charge < -0.3 is 15.4 Å². The number of aryl methyl sites for hydroxylation is 1. The van der Waals surface area contributed by atoms with Gasteiger partial charge in [0, 0.05) is 23.0 Å². The number of allylic oxidation sites excluding steroid dienone is 3. The first kappa shape index (κ1) is 29.0. The van der Waals surface area contributed by atoms with Crippen LogP contribution in [0.25, 0.3) is 10.9 Å². The van der Waals surface area contributed by atoms with Crippen LogP contribution in [-0.4, -0.2) is 45.8 Å². The van der Waals surface area contributed by atoms with Gasteiger partial charge in [0.2, 0.25) is 5.91 Å². The summed E-state index contributed by atoms with van der Waals surface area (Å²) >= 11 is 3.31. The van der Waals surface area contributed by atoms with Gasteiger partial charge in [0.1, 0.15) is 5.69 Å². The maximum Gasteiger partial charge on any atom is 0.433 e. The van der Waals surface area contributed by atoms with Gasteiger partial charge in [-0.05, 0) is 62.9 Å². The summed E-state index contributed by atoms with van der Waals surface area (Å²) in [5.41, 5.74) is 1.34. The van der Waals surface area contributed by atoms with E-state index in [1.807, 2.05) is 18.2 Å². The van der Waals surface area contributed by atoms with Crippen molar-refractivity contribution in [2.24, 2.45) is 5.92 Å². The number of amides is 2. The fourth-order valence-electron chi connectivity index (χ4n) is 5.04. The third-order valence-electron chi connectivity index (χ3n) is 7.30. The smallest absolute Gasteiger partial charge is 0.376 e. The number of nitrogens with zero attached hydrogens (tertiary/aromatic N) is 3. The summed E-state index contributed by atoms with van der Waals surface area (Å²) in [7, 11) is 0. The lowest BCUT2D eigenvalue weighted by atomic mass is 9.96. The number of alkyl halides is 3. The van der Waals surface area contributed by atoms with E-state index in [1.165, 1.54) is 6.07 Å². The number of hydrogen-bond donors (Lipinski definition) is 2. The van der Waals surface area contributed by atoms with Crippen LogP contribution in [0.3, 0.4) is 0 Å². The molecule has 2 atom stereocenters. The maximum absolute atomic E-state index is 13.5. The number of carbonyl (C=O) groups is 2. The van der Waals surface area contributed by atoms with Crippen LogP contribution in [0.5, 0.6) is 0 Å². The van der Waals surface area contributed by atoms with Crippen LogP contribution in [0.4, 0.5) is 18.9 Å². The molecule has 1 saturated heterocycles. The average Bonchev–Trinajstić information content (AvgIpc) is 3.55. The predicted octanol–water partition coefficient (Wildman–Crippen LogP) is 5.88. The number of ether oxygens (including phenoxy) is 1. The number of carbonyl (C=O) groups excluding carboxylic acids is 2. The second-order valence-corrected chi connectivity index (χ2v) is 11.1. The monoisotopic (exact) mass is 631 g/mol. The molecule has 3 heterocycles. The van der Waals surface area contributed by atoms with Crippen molar-refractivity contribution in [2.75, 3.05) is 18.5 Å². The van der Waals surface area contributed by atoms with Gasteiger partial charge in [-0.3, -0.25) is 14.3 Å². The minimum Gasteiger partial charge on any atom is -0.376 e. The quantitative estimate of drug-likeness (QED) is 0.339. The van der Waals surface area contributed by atoms with Crippen molar-refractivity contribution in [3.8, 4) is 0 Å². The van der Waals surface area contributed by atoms with E-state index in [-0.39, 0.29) is 29.0 Å². The molecule has 3 aromatic rings. The average molecular weight is 632 g/mol. The molecule has 2 aromatic heterocycles. The number of fused-ring (bicyclic) bond motifs is 1. The standard InChI is InChI=1S/C29H29BrF3N5O3/c1-16-26(36-28(40)23-13-25(29(31,32)33)35-24-10-9-20(30)12-22(23)24)17(2)38(37-16)15-18-5-7-19(8-6-18)27(39)34-14-21-4-3-11-41-21/h5-7,9-10,12-13,19,21H,3-4,8,11,14-15H2,1-2H3,(H,34,39)(H,36,40). The van der Waals surface area contributed by atoms with Gasteiger partial charge in [-0.2, -0.15) is 18.3 Å². The van der Waals surface area contributed by atoms with Crippen LogP contribution in [-0.2, 0) is 22.3 Å². The lowest BCUT2D eigenvalue weighted by Gasteiger charge is -2.18. The van der Waals surface area contributed by atoms with Gasteiger partial charge >= 0.3 is 6.18 Å². The number of halogens is 4. The number of anilines is 1. The maximum atomic E-state index is 13.5. The summed E-state index contributed by atoms with van der Waals surface area (Å²) in [5.74, 6) is -0.986. The second kappa shape index (κ2) is 11.8. The topological polar surface area (TPSA) is 98.1 Å². The Kier molecular flexibility index (Phi) is 8.32. The number of hydrogen-bond acceptors (Lipinski definition) is 5. The van der Waals surface area contributed by atoms with Gasteiger partial charge in [-0.25, -0.2) is 4.98 Å². The van der Waals surface area contributed by atoms with Crippen molar-refractivity contribution in [1.29, 1.82) is 0 Å². The molecular weight excluding hydrogens is 603 g/mol. The lowest BCUT2D eigenvalue weighted by Crippen LogP contribution is -2.35. The van der Waals surface area contributed by atoms with Gasteiger partial charge in [0.25, 0.3) is 5.91 Å². The van der Waals surface area contributed by atoms with Crippen molar-refractivity contribution >= 4 is 44.3 Å². The fourth-order valence-corrected chi connectivity index (χ4v) is 5.40. The summed E-state index contributed by atoms with van der Waals surface area (Å²) in [6.45, 7) is 5.18. The molecule has 1 fully saturated rings. The van der Waals surface area contributed by atoms with E-state index in [1.54, 1.807) is 30.7 Å². The minimum atomic E-state index is -4.71. The first-order valence-corrected chi connectivity index (χ1v) is 14.1. The molecule has 1 aliphatic heterocycles. The molecule has 2 unspecified atom stereocenters. The normalized spacial score (nSPS) is 18.9. The van der Waals surface area contributed by atoms with E-state index in [0.717, 1.165) is 31.1 Å². The molecule has 12 heteroatoms. The van der Waals surface area contributed by atoms with Crippen molar-refractivity contribution in [3.05, 3.63) is 75.2 Å². The second-order valence-electron chi connectivity index (χ2n) is 10.2. The predicted molar refractivity (Wildman–Crippen MR) is 151 cm³/mol. The summed E-state index contributed by atoms with van der Waals surface area (Å²) in [5, 5.41) is 10.6. The lowest BCUT2D eigenvalue weighted by molar-refractivity contribution is -0.141. The van der Waals surface area contributed by atoms with E-state index in [4.69, 9.17) is 4.74 Å². The van der Waals surface area contributed by atoms with Gasteiger partial charge in [0.05, 0.1) is 46.7 Å². The van der Waals surface area contributed by atoms with Crippen LogP contribution in [0.1, 0.15) is 46.7 Å². The number of pyridine rings is 1. The highest BCUT2D eigenvalue weighted by molar-refractivity contribution is 9.10. The van der Waals surface area contributed by atoms with Gasteiger partial charge in [-0.1, -0.05) is 34.2 Å². The Morgan fingerprint density at radius 3 is 2.71 bits per heavy atom. The first-order valence-electron chi connectivity index (χ1n) is 13.3. The van der Waals surface area contributed by atoms with E-state index >= 15 is 0 Å². The Morgan fingerprint density at radius 1 is 1.22 bits per heavy atom. The molecule has 1 aromatic carbocycles. The Hall–Kier alpha value is -3.51. The third kappa shape index (κ3) is 6.54. The molecule has 216 valence electrons. The fraction of sp³-hybridized carbons (Fsp3) is 0.379. The SMILES string of the molecule is Cc1nn(CC2=CCC(C(=O)NCC3CCCO3)C=C2)c(C)c1NC(=O)c1cc(C(F)(F)F)nc2ccc(Br)cc12. The highest BCUT2D eigenvalue weighted by Gasteiger charge is 2.34.